The maximum absolute atomic E-state index is 12.2. The molecule has 0 aliphatic carbocycles. The van der Waals surface area contributed by atoms with Crippen molar-refractivity contribution in [2.24, 2.45) is 5.92 Å². The number of aryl methyl sites for hydroxylation is 2. The third-order valence-electron chi connectivity index (χ3n) is 4.23. The average Bonchev–Trinajstić information content (AvgIpc) is 2.55. The molecule has 134 valence electrons. The minimum Gasteiger partial charge on any atom is -0.378 e. The first-order valence-electron chi connectivity index (χ1n) is 7.91. The Labute approximate surface area is 141 Å². The van der Waals surface area contributed by atoms with Crippen LogP contribution in [0, 0.1) is 19.8 Å². The quantitative estimate of drug-likeness (QED) is 0.762. The van der Waals surface area contributed by atoms with Crippen LogP contribution in [0.3, 0.4) is 0 Å². The lowest BCUT2D eigenvalue weighted by Gasteiger charge is -2.36. The largest absolute Gasteiger partial charge is 0.378 e. The number of nitrogens with one attached hydrogen (secondary N) is 1. The molecule has 1 saturated heterocycles. The number of amides is 1. The molecule has 24 heavy (non-hydrogen) atoms. The summed E-state index contributed by atoms with van der Waals surface area (Å²) in [5.41, 5.74) is 0.929. The van der Waals surface area contributed by atoms with E-state index in [0.717, 1.165) is 0 Å². The Morgan fingerprint density at radius 1 is 1.38 bits per heavy atom. The van der Waals surface area contributed by atoms with Crippen LogP contribution in [0.2, 0.25) is 0 Å². The Bertz CT molecular complexity index is 631. The lowest BCUT2D eigenvalue weighted by atomic mass is 9.96. The van der Waals surface area contributed by atoms with Gasteiger partial charge in [-0.05, 0) is 19.9 Å². The molecule has 0 aromatic carbocycles. The highest BCUT2D eigenvalue weighted by Gasteiger charge is 2.34. The van der Waals surface area contributed by atoms with E-state index in [1.807, 2.05) is 0 Å². The van der Waals surface area contributed by atoms with Gasteiger partial charge < -0.3 is 19.5 Å². The number of nitrogens with zero attached hydrogens (tertiary/aromatic N) is 2. The van der Waals surface area contributed by atoms with E-state index >= 15 is 0 Å². The van der Waals surface area contributed by atoms with Gasteiger partial charge in [-0.15, -0.1) is 0 Å². The first-order valence-corrected chi connectivity index (χ1v) is 7.91. The molecule has 1 fully saturated rings. The fraction of sp³-hybridized carbons (Fsp3) is 0.688. The van der Waals surface area contributed by atoms with Crippen molar-refractivity contribution < 1.29 is 19.0 Å². The van der Waals surface area contributed by atoms with Crippen molar-refractivity contribution in [2.75, 3.05) is 34.0 Å². The molecule has 0 spiro atoms. The van der Waals surface area contributed by atoms with Gasteiger partial charge in [0.15, 0.2) is 0 Å². The molecule has 0 bridgehead atoms. The highest BCUT2D eigenvalue weighted by Crippen LogP contribution is 2.19. The molecule has 0 radical (unpaired) electrons. The van der Waals surface area contributed by atoms with Crippen molar-refractivity contribution in [1.29, 1.82) is 0 Å². The van der Waals surface area contributed by atoms with Crippen LogP contribution in [0.5, 0.6) is 0 Å². The highest BCUT2D eigenvalue weighted by atomic mass is 16.6. The Kier molecular flexibility index (Phi) is 6.47. The Morgan fingerprint density at radius 2 is 2.12 bits per heavy atom. The molecule has 0 unspecified atom stereocenters. The van der Waals surface area contributed by atoms with Crippen molar-refractivity contribution >= 4 is 5.91 Å². The van der Waals surface area contributed by atoms with Gasteiger partial charge in [-0.1, -0.05) is 0 Å². The first-order chi connectivity index (χ1) is 11.5. The predicted molar refractivity (Wildman–Crippen MR) is 86.9 cm³/mol. The van der Waals surface area contributed by atoms with Gasteiger partial charge in [0.1, 0.15) is 12.6 Å². The van der Waals surface area contributed by atoms with Crippen molar-refractivity contribution in [3.63, 3.8) is 0 Å². The third kappa shape index (κ3) is 4.40. The van der Waals surface area contributed by atoms with Crippen LogP contribution in [0.4, 0.5) is 0 Å². The SMILES string of the molecule is CO[C@H]1[C@H](CNC(=O)Cn2c(C)cc(C)nc2=O)COC[C@H]1OC. The standard InChI is InChI=1S/C16H25N3O5/c1-10-5-11(2)19(16(21)18-10)7-14(20)17-6-12-8-24-9-13(22-3)15(12)23-4/h5,12-13,15H,6-9H2,1-4H3,(H,17,20)/t12-,13-,15+/m1/s1. The summed E-state index contributed by atoms with van der Waals surface area (Å²) in [7, 11) is 3.23. The summed E-state index contributed by atoms with van der Waals surface area (Å²) in [6.07, 6.45) is -0.300. The molecule has 1 aromatic rings. The second-order valence-electron chi connectivity index (χ2n) is 5.98. The van der Waals surface area contributed by atoms with E-state index < -0.39 is 5.69 Å². The summed E-state index contributed by atoms with van der Waals surface area (Å²) in [5, 5.41) is 2.84. The van der Waals surface area contributed by atoms with E-state index in [9.17, 15) is 9.59 Å². The molecule has 3 atom stereocenters. The van der Waals surface area contributed by atoms with E-state index in [4.69, 9.17) is 14.2 Å². The molecule has 8 nitrogen and oxygen atoms in total. The number of rotatable bonds is 6. The van der Waals surface area contributed by atoms with E-state index in [0.29, 0.717) is 31.1 Å². The lowest BCUT2D eigenvalue weighted by molar-refractivity contribution is -0.147. The van der Waals surface area contributed by atoms with Crippen molar-refractivity contribution in [3.05, 3.63) is 27.9 Å². The smallest absolute Gasteiger partial charge is 0.348 e. The maximum atomic E-state index is 12.2. The molecule has 0 saturated carbocycles. The average molecular weight is 339 g/mol. The van der Waals surface area contributed by atoms with Gasteiger partial charge >= 0.3 is 5.69 Å². The van der Waals surface area contributed by atoms with Crippen LogP contribution in [0.1, 0.15) is 11.4 Å². The lowest BCUT2D eigenvalue weighted by Crippen LogP contribution is -2.50. The van der Waals surface area contributed by atoms with Crippen LogP contribution >= 0.6 is 0 Å². The fourth-order valence-corrected chi connectivity index (χ4v) is 2.96. The van der Waals surface area contributed by atoms with Crippen molar-refractivity contribution in [2.45, 2.75) is 32.6 Å². The molecule has 1 aromatic heterocycles. The number of methoxy groups -OCH3 is 2. The van der Waals surface area contributed by atoms with Gasteiger partial charge in [-0.25, -0.2) is 4.79 Å². The summed E-state index contributed by atoms with van der Waals surface area (Å²) < 4.78 is 17.7. The van der Waals surface area contributed by atoms with Crippen molar-refractivity contribution in [1.82, 2.24) is 14.9 Å². The van der Waals surface area contributed by atoms with Gasteiger partial charge in [0, 0.05) is 38.1 Å². The Hall–Kier alpha value is -1.77. The van der Waals surface area contributed by atoms with E-state index in [1.165, 1.54) is 4.57 Å². The molecular formula is C16H25N3O5. The van der Waals surface area contributed by atoms with Crippen LogP contribution < -0.4 is 11.0 Å². The minimum absolute atomic E-state index is 0.00777. The summed E-state index contributed by atoms with van der Waals surface area (Å²) in [4.78, 5) is 27.9. The zero-order chi connectivity index (χ0) is 17.7. The molecule has 1 aliphatic heterocycles. The zero-order valence-electron chi connectivity index (χ0n) is 14.6. The summed E-state index contributed by atoms with van der Waals surface area (Å²) in [6, 6.07) is 1.77. The predicted octanol–water partition coefficient (Wildman–Crippen LogP) is -0.347. The monoisotopic (exact) mass is 339 g/mol. The Morgan fingerprint density at radius 3 is 2.75 bits per heavy atom. The topological polar surface area (TPSA) is 91.7 Å². The summed E-state index contributed by atoms with van der Waals surface area (Å²) in [6.45, 7) is 4.83. The van der Waals surface area contributed by atoms with Crippen LogP contribution in [-0.4, -0.2) is 61.6 Å². The molecule has 8 heteroatoms. The fourth-order valence-electron chi connectivity index (χ4n) is 2.96. The number of carbonyl (C=O) groups excluding carboxylic acids is 1. The van der Waals surface area contributed by atoms with E-state index in [2.05, 4.69) is 10.3 Å². The number of aromatic nitrogens is 2. The van der Waals surface area contributed by atoms with Crippen molar-refractivity contribution in [3.8, 4) is 0 Å². The molecule has 2 rings (SSSR count). The van der Waals surface area contributed by atoms with Gasteiger partial charge in [0.05, 0.1) is 19.3 Å². The normalized spacial score (nSPS) is 23.9. The van der Waals surface area contributed by atoms with Gasteiger partial charge in [0.2, 0.25) is 5.91 Å². The molecular weight excluding hydrogens is 314 g/mol. The number of carbonyl (C=O) groups is 1. The van der Waals surface area contributed by atoms with Gasteiger partial charge in [-0.3, -0.25) is 9.36 Å². The molecule has 1 N–H and O–H groups in total. The second-order valence-corrected chi connectivity index (χ2v) is 5.98. The van der Waals surface area contributed by atoms with Crippen LogP contribution in [0.25, 0.3) is 0 Å². The second kappa shape index (κ2) is 8.36. The van der Waals surface area contributed by atoms with Gasteiger partial charge in [-0.2, -0.15) is 4.98 Å². The molecule has 2 heterocycles. The van der Waals surface area contributed by atoms with E-state index in [-0.39, 0.29) is 30.6 Å². The van der Waals surface area contributed by atoms with Gasteiger partial charge in [0.25, 0.3) is 0 Å². The maximum Gasteiger partial charge on any atom is 0.348 e. The third-order valence-corrected chi connectivity index (χ3v) is 4.23. The zero-order valence-corrected chi connectivity index (χ0v) is 14.6. The first kappa shape index (κ1) is 18.6. The molecule has 1 amide bonds. The Balaban J connectivity index is 1.95. The summed E-state index contributed by atoms with van der Waals surface area (Å²) >= 11 is 0. The number of hydrogen-bond donors (Lipinski definition) is 1. The number of hydrogen-bond acceptors (Lipinski definition) is 6. The van der Waals surface area contributed by atoms with Crippen LogP contribution in [0.15, 0.2) is 10.9 Å². The molecule has 1 aliphatic rings. The summed E-state index contributed by atoms with van der Waals surface area (Å²) in [5.74, 6) is -0.258. The number of ether oxygens (including phenoxy) is 3. The minimum atomic E-state index is -0.419. The van der Waals surface area contributed by atoms with Crippen LogP contribution in [-0.2, 0) is 25.5 Å². The highest BCUT2D eigenvalue weighted by molar-refractivity contribution is 5.75. The van der Waals surface area contributed by atoms with E-state index in [1.54, 1.807) is 34.1 Å².